The van der Waals surface area contributed by atoms with Crippen LogP contribution >= 0.6 is 15.6 Å². The molecule has 13 heteroatoms. The Balaban J connectivity index is 0. The molecule has 0 bridgehead atoms. The molecule has 0 aromatic rings. The molecule has 3 atom stereocenters. The first-order valence-electron chi connectivity index (χ1n) is 19.6. The minimum Gasteiger partial charge on any atom is -0.756 e. The van der Waals surface area contributed by atoms with Crippen LogP contribution in [-0.4, -0.2) is 81.5 Å². The zero-order valence-electron chi connectivity index (χ0n) is 32.3. The third-order valence-corrected chi connectivity index (χ3v) is 10.1. The number of unbranched alkanes of at least 4 members (excludes halogenated alkanes) is 22. The molecule has 11 nitrogen and oxygen atoms in total. The molecule has 0 aromatic heterocycles. The first-order chi connectivity index (χ1) is 23.3. The van der Waals surface area contributed by atoms with E-state index in [1.165, 1.54) is 116 Å². The van der Waals surface area contributed by atoms with Gasteiger partial charge in [-0.05, 0) is 12.8 Å². The number of aliphatic hydroxyl groups excluding tert-OH is 2. The Labute approximate surface area is 301 Å². The Morgan fingerprint density at radius 1 is 0.510 bits per heavy atom. The van der Waals surface area contributed by atoms with E-state index < -0.39 is 35.0 Å². The van der Waals surface area contributed by atoms with Gasteiger partial charge in [0, 0.05) is 0 Å². The Morgan fingerprint density at radius 3 is 1.10 bits per heavy atom. The van der Waals surface area contributed by atoms with Crippen LogP contribution in [0.1, 0.15) is 168 Å². The lowest BCUT2D eigenvalue weighted by Gasteiger charge is -2.27. The fraction of sp³-hybridized carbons (Fsp3) is 1.00. The quantitative estimate of drug-likeness (QED) is 0.0362. The smallest absolute Gasteiger partial charge is 0.268 e. The zero-order valence-corrected chi connectivity index (χ0v) is 34.1. The summed E-state index contributed by atoms with van der Waals surface area (Å²) in [6, 6.07) is 0. The molecule has 49 heavy (non-hydrogen) atoms. The lowest BCUT2D eigenvalue weighted by molar-refractivity contribution is -0.870. The highest BCUT2D eigenvalue weighted by atomic mass is 31.2. The van der Waals surface area contributed by atoms with Crippen molar-refractivity contribution in [3.63, 3.8) is 0 Å². The second-order valence-electron chi connectivity index (χ2n) is 14.3. The van der Waals surface area contributed by atoms with Crippen molar-refractivity contribution in [3.8, 4) is 0 Å². The Kier molecular flexibility index (Phi) is 36.7. The number of rotatable bonds is 36. The van der Waals surface area contributed by atoms with Gasteiger partial charge in [0.1, 0.15) is 19.3 Å². The second kappa shape index (κ2) is 35.1. The van der Waals surface area contributed by atoms with Crippen molar-refractivity contribution in [2.75, 3.05) is 60.7 Å². The van der Waals surface area contributed by atoms with Gasteiger partial charge in [-0.3, -0.25) is 9.13 Å². The van der Waals surface area contributed by atoms with Gasteiger partial charge < -0.3 is 42.6 Å². The van der Waals surface area contributed by atoms with Gasteiger partial charge >= 0.3 is 0 Å². The molecule has 298 valence electrons. The highest BCUT2D eigenvalue weighted by Crippen LogP contribution is 2.39. The minimum absolute atomic E-state index is 0.105. The minimum atomic E-state index is -4.36. The van der Waals surface area contributed by atoms with Crippen molar-refractivity contribution < 1.29 is 51.7 Å². The molecule has 0 saturated heterocycles. The molecule has 0 fully saturated rings. The number of phosphoric ester groups is 2. The van der Waals surface area contributed by atoms with Gasteiger partial charge in [0.15, 0.2) is 0 Å². The van der Waals surface area contributed by atoms with Gasteiger partial charge in [0.05, 0.1) is 47.6 Å². The molecule has 0 aromatic carbocycles. The standard InChI is InChI=1S/C19H42NO4P.C17H37O6P/c1-5-6-7-8-9-10-11-12-13-14-15-16-18-23-25(21,22)24-19-17-20(2,3)4;1-2-3-4-5-6-7-8-9-10-11-12-13-14-22-24(20,21)23-16-17(19)15-18/h5-19H2,1-4H3;17-19H,2-16H2,1H3,(H,20,21)/p-1. The van der Waals surface area contributed by atoms with Crippen LogP contribution in [0.2, 0.25) is 0 Å². The fourth-order valence-corrected chi connectivity index (χ4v) is 6.48. The van der Waals surface area contributed by atoms with E-state index >= 15 is 0 Å². The van der Waals surface area contributed by atoms with Crippen LogP contribution < -0.4 is 9.79 Å². The van der Waals surface area contributed by atoms with Crippen LogP contribution in [0.5, 0.6) is 0 Å². The number of quaternary nitrogens is 1. The summed E-state index contributed by atoms with van der Waals surface area (Å²) in [6.07, 6.45) is 28.3. The van der Waals surface area contributed by atoms with Crippen molar-refractivity contribution in [1.82, 2.24) is 0 Å². The van der Waals surface area contributed by atoms with E-state index in [1.807, 2.05) is 21.1 Å². The molecule has 3 unspecified atom stereocenters. The summed E-state index contributed by atoms with van der Waals surface area (Å²) in [5.41, 5.74) is 0. The van der Waals surface area contributed by atoms with Gasteiger partial charge in [-0.2, -0.15) is 0 Å². The number of phosphoric acid groups is 2. The molecular weight excluding hydrogens is 668 g/mol. The van der Waals surface area contributed by atoms with Crippen molar-refractivity contribution in [1.29, 1.82) is 0 Å². The summed E-state index contributed by atoms with van der Waals surface area (Å²) in [5, 5.41) is 17.6. The fourth-order valence-electron chi connectivity index (χ4n) is 4.97. The van der Waals surface area contributed by atoms with Crippen molar-refractivity contribution in [2.24, 2.45) is 0 Å². The summed E-state index contributed by atoms with van der Waals surface area (Å²) in [7, 11) is -2.51. The van der Waals surface area contributed by atoms with Crippen molar-refractivity contribution in [3.05, 3.63) is 0 Å². The molecule has 0 amide bonds. The van der Waals surface area contributed by atoms with Crippen LogP contribution in [0.4, 0.5) is 0 Å². The molecule has 0 radical (unpaired) electrons. The van der Waals surface area contributed by atoms with Gasteiger partial charge in [0.25, 0.3) is 15.6 Å². The molecule has 0 aliphatic rings. The lowest BCUT2D eigenvalue weighted by atomic mass is 10.1. The van der Waals surface area contributed by atoms with Crippen LogP contribution in [0.25, 0.3) is 0 Å². The average Bonchev–Trinajstić information content (AvgIpc) is 3.04. The van der Waals surface area contributed by atoms with Gasteiger partial charge in [-0.15, -0.1) is 0 Å². The van der Waals surface area contributed by atoms with Gasteiger partial charge in [-0.1, -0.05) is 155 Å². The Hall–Kier alpha value is 0.1000. The Bertz CT molecular complexity index is 785. The van der Waals surface area contributed by atoms with Gasteiger partial charge in [-0.25, -0.2) is 0 Å². The SMILES string of the molecule is CCCCCCCCCCCCCCOP(=O)([O-])OCC(O)CO.CCCCCCCCCCCCCCOP(=O)([O-])OCC[N+](C)(C)C. The average molecular weight is 747 g/mol. The summed E-state index contributed by atoms with van der Waals surface area (Å²) < 4.78 is 42.5. The maximum atomic E-state index is 11.6. The van der Waals surface area contributed by atoms with Crippen molar-refractivity contribution >= 4 is 15.6 Å². The normalized spacial score (nSPS) is 15.0. The second-order valence-corrected chi connectivity index (χ2v) is 17.1. The molecule has 0 spiro atoms. The predicted molar refractivity (Wildman–Crippen MR) is 197 cm³/mol. The lowest BCUT2D eigenvalue weighted by Crippen LogP contribution is -2.37. The van der Waals surface area contributed by atoms with E-state index in [9.17, 15) is 18.9 Å². The molecule has 0 saturated carbocycles. The molecule has 0 rings (SSSR count). The topological polar surface area (TPSA) is 158 Å². The van der Waals surface area contributed by atoms with E-state index in [1.54, 1.807) is 0 Å². The zero-order chi connectivity index (χ0) is 37.1. The largest absolute Gasteiger partial charge is 0.756 e. The number of aliphatic hydroxyl groups is 2. The van der Waals surface area contributed by atoms with E-state index in [-0.39, 0.29) is 19.8 Å². The highest BCUT2D eigenvalue weighted by Gasteiger charge is 2.13. The maximum Gasteiger partial charge on any atom is 0.268 e. The maximum absolute atomic E-state index is 11.6. The third kappa shape index (κ3) is 44.2. The molecular formula is C36H78NO10P2-. The van der Waals surface area contributed by atoms with Crippen LogP contribution in [-0.2, 0) is 27.2 Å². The summed E-state index contributed by atoms with van der Waals surface area (Å²) in [6.45, 7) is 4.61. The van der Waals surface area contributed by atoms with Gasteiger partial charge in [0.2, 0.25) is 0 Å². The van der Waals surface area contributed by atoms with Crippen LogP contribution in [0, 0.1) is 0 Å². The first kappa shape index (κ1) is 51.2. The summed E-state index contributed by atoms with van der Waals surface area (Å²) in [4.78, 5) is 22.9. The number of hydrogen-bond donors (Lipinski definition) is 2. The first-order valence-corrected chi connectivity index (χ1v) is 22.5. The highest BCUT2D eigenvalue weighted by molar-refractivity contribution is 7.46. The number of likely N-dealkylation sites (N-methyl/N-ethyl adjacent to an activating group) is 1. The van der Waals surface area contributed by atoms with E-state index in [0.717, 1.165) is 32.1 Å². The van der Waals surface area contributed by atoms with Crippen LogP contribution in [0.15, 0.2) is 0 Å². The van der Waals surface area contributed by atoms with Crippen molar-refractivity contribution in [2.45, 2.75) is 174 Å². The van der Waals surface area contributed by atoms with Crippen LogP contribution in [0.3, 0.4) is 0 Å². The van der Waals surface area contributed by atoms with E-state index in [0.29, 0.717) is 17.4 Å². The third-order valence-electron chi connectivity index (χ3n) is 8.14. The molecule has 0 aliphatic heterocycles. The molecule has 0 heterocycles. The molecule has 2 N–H and O–H groups in total. The Morgan fingerprint density at radius 2 is 0.796 bits per heavy atom. The van der Waals surface area contributed by atoms with E-state index in [4.69, 9.17) is 23.8 Å². The summed E-state index contributed by atoms with van der Waals surface area (Å²) >= 11 is 0. The summed E-state index contributed by atoms with van der Waals surface area (Å²) in [5.74, 6) is 0. The monoisotopic (exact) mass is 747 g/mol. The number of hydrogen-bond acceptors (Lipinski definition) is 10. The van der Waals surface area contributed by atoms with E-state index in [2.05, 4.69) is 18.4 Å². The molecule has 0 aliphatic carbocycles. The predicted octanol–water partition coefficient (Wildman–Crippen LogP) is 8.44. The number of nitrogens with zero attached hydrogens (tertiary/aromatic N) is 1.